The number of fused-ring (bicyclic) bond motifs is 2. The minimum Gasteiger partial charge on any atom is -0.351 e. The molecule has 5 nitrogen and oxygen atoms in total. The maximum Gasteiger partial charge on any atom is 0.256 e. The molecule has 0 aromatic heterocycles. The first-order valence-electron chi connectivity index (χ1n) is 11.8. The number of hydrogen-bond acceptors (Lipinski definition) is 4. The fourth-order valence-electron chi connectivity index (χ4n) is 4.72. The summed E-state index contributed by atoms with van der Waals surface area (Å²) in [7, 11) is 0. The summed E-state index contributed by atoms with van der Waals surface area (Å²) in [6.07, 6.45) is 7.62. The van der Waals surface area contributed by atoms with Crippen LogP contribution in [0.3, 0.4) is 0 Å². The first kappa shape index (κ1) is 22.9. The van der Waals surface area contributed by atoms with Crippen LogP contribution in [-0.4, -0.2) is 41.9 Å². The van der Waals surface area contributed by atoms with Gasteiger partial charge in [0, 0.05) is 40.5 Å². The molecule has 0 unspecified atom stereocenters. The maximum absolute atomic E-state index is 12.9. The van der Waals surface area contributed by atoms with E-state index in [1.807, 2.05) is 36.4 Å². The molecule has 170 valence electrons. The molecule has 1 aliphatic heterocycles. The van der Waals surface area contributed by atoms with Crippen LogP contribution in [0.5, 0.6) is 0 Å². The molecule has 1 atom stereocenters. The van der Waals surface area contributed by atoms with Gasteiger partial charge in [-0.3, -0.25) is 14.5 Å². The Hall–Kier alpha value is -2.31. The Labute approximate surface area is 195 Å². The van der Waals surface area contributed by atoms with Crippen LogP contribution in [0.1, 0.15) is 73.1 Å². The lowest BCUT2D eigenvalue weighted by Crippen LogP contribution is -2.46. The zero-order chi connectivity index (χ0) is 22.5. The second-order valence-corrected chi connectivity index (χ2v) is 9.89. The van der Waals surface area contributed by atoms with Crippen LogP contribution in [0.15, 0.2) is 52.3 Å². The van der Waals surface area contributed by atoms with E-state index < -0.39 is 0 Å². The zero-order valence-corrected chi connectivity index (χ0v) is 19.8. The Morgan fingerprint density at radius 2 is 1.94 bits per heavy atom. The lowest BCUT2D eigenvalue weighted by atomic mass is 9.93. The van der Waals surface area contributed by atoms with Gasteiger partial charge in [-0.15, -0.1) is 0 Å². The third kappa shape index (κ3) is 5.18. The highest BCUT2D eigenvalue weighted by atomic mass is 32.2. The van der Waals surface area contributed by atoms with E-state index in [2.05, 4.69) is 29.4 Å². The summed E-state index contributed by atoms with van der Waals surface area (Å²) in [6.45, 7) is 6.03. The van der Waals surface area contributed by atoms with Gasteiger partial charge < -0.3 is 10.6 Å². The van der Waals surface area contributed by atoms with Gasteiger partial charge >= 0.3 is 0 Å². The van der Waals surface area contributed by atoms with Crippen LogP contribution in [0.2, 0.25) is 0 Å². The molecule has 2 N–H and O–H groups in total. The van der Waals surface area contributed by atoms with Gasteiger partial charge in [-0.25, -0.2) is 0 Å². The summed E-state index contributed by atoms with van der Waals surface area (Å²) in [5.41, 5.74) is 1.92. The number of amides is 2. The highest BCUT2D eigenvalue weighted by Crippen LogP contribution is 2.39. The van der Waals surface area contributed by atoms with Gasteiger partial charge in [0.2, 0.25) is 0 Å². The van der Waals surface area contributed by atoms with E-state index in [1.54, 1.807) is 17.8 Å². The van der Waals surface area contributed by atoms with Gasteiger partial charge in [-0.1, -0.05) is 50.1 Å². The lowest BCUT2D eigenvalue weighted by molar-refractivity contribution is 0.0902. The molecule has 2 aromatic carbocycles. The highest BCUT2D eigenvalue weighted by molar-refractivity contribution is 7.99. The first-order valence-corrected chi connectivity index (χ1v) is 12.6. The second kappa shape index (κ2) is 10.5. The van der Waals surface area contributed by atoms with Crippen LogP contribution in [0.25, 0.3) is 0 Å². The van der Waals surface area contributed by atoms with Crippen molar-refractivity contribution in [2.45, 2.75) is 74.2 Å². The van der Waals surface area contributed by atoms with Gasteiger partial charge in [0.1, 0.15) is 0 Å². The van der Waals surface area contributed by atoms with Gasteiger partial charge in [0.25, 0.3) is 11.8 Å². The molecule has 1 saturated carbocycles. The molecule has 2 amide bonds. The van der Waals surface area contributed by atoms with Crippen LogP contribution >= 0.6 is 11.8 Å². The fraction of sp³-hybridized carbons (Fsp3) is 0.462. The highest BCUT2D eigenvalue weighted by Gasteiger charge is 2.25. The van der Waals surface area contributed by atoms with E-state index in [-0.39, 0.29) is 11.8 Å². The van der Waals surface area contributed by atoms with Gasteiger partial charge in [0.15, 0.2) is 0 Å². The summed E-state index contributed by atoms with van der Waals surface area (Å²) in [5.74, 6) is -0.234. The molecule has 0 bridgehead atoms. The van der Waals surface area contributed by atoms with E-state index in [0.29, 0.717) is 35.4 Å². The van der Waals surface area contributed by atoms with Crippen molar-refractivity contribution < 1.29 is 9.59 Å². The molecular weight excluding hydrogens is 418 g/mol. The number of anilines is 1. The van der Waals surface area contributed by atoms with Gasteiger partial charge in [-0.2, -0.15) is 0 Å². The van der Waals surface area contributed by atoms with Gasteiger partial charge in [-0.05, 0) is 56.5 Å². The quantitative estimate of drug-likeness (QED) is 0.578. The predicted molar refractivity (Wildman–Crippen MR) is 131 cm³/mol. The maximum atomic E-state index is 12.9. The second-order valence-electron chi connectivity index (χ2n) is 8.81. The predicted octanol–water partition coefficient (Wildman–Crippen LogP) is 5.57. The number of hydrogen-bond donors (Lipinski definition) is 2. The first-order chi connectivity index (χ1) is 15.6. The summed E-state index contributed by atoms with van der Waals surface area (Å²) in [6, 6.07) is 14.3. The molecule has 32 heavy (non-hydrogen) atoms. The minimum absolute atomic E-state index is 0.0958. The summed E-state index contributed by atoms with van der Waals surface area (Å²) < 4.78 is 0. The number of rotatable bonds is 7. The van der Waals surface area contributed by atoms with E-state index in [4.69, 9.17) is 0 Å². The van der Waals surface area contributed by atoms with Crippen molar-refractivity contribution in [3.8, 4) is 0 Å². The van der Waals surface area contributed by atoms with Crippen molar-refractivity contribution >= 4 is 29.3 Å². The molecule has 2 aliphatic rings. The van der Waals surface area contributed by atoms with Crippen LogP contribution in [0.4, 0.5) is 5.69 Å². The molecular formula is C26H33N3O2S. The van der Waals surface area contributed by atoms with Crippen molar-refractivity contribution in [3.63, 3.8) is 0 Å². The Morgan fingerprint density at radius 3 is 2.72 bits per heavy atom. The largest absolute Gasteiger partial charge is 0.351 e. The zero-order valence-electron chi connectivity index (χ0n) is 19.0. The Bertz CT molecular complexity index is 971. The Balaban J connectivity index is 1.40. The fourth-order valence-corrected chi connectivity index (χ4v) is 5.73. The Kier molecular flexibility index (Phi) is 7.53. The monoisotopic (exact) mass is 451 g/mol. The normalized spacial score (nSPS) is 17.2. The van der Waals surface area contributed by atoms with Crippen LogP contribution < -0.4 is 10.6 Å². The molecule has 6 heteroatoms. The number of nitrogens with zero attached hydrogens (tertiary/aromatic N) is 1. The van der Waals surface area contributed by atoms with E-state index in [1.165, 1.54) is 32.1 Å². The van der Waals surface area contributed by atoms with E-state index in [0.717, 1.165) is 22.8 Å². The summed E-state index contributed by atoms with van der Waals surface area (Å²) in [5, 5.41) is 6.06. The molecule has 1 heterocycles. The number of benzene rings is 2. The summed E-state index contributed by atoms with van der Waals surface area (Å²) >= 11 is 1.55. The van der Waals surface area contributed by atoms with E-state index >= 15 is 0 Å². The number of nitrogens with one attached hydrogen (secondary N) is 2. The molecule has 1 aliphatic carbocycles. The minimum atomic E-state index is -0.138. The SMILES string of the molecule is CC[C@H](C)N(CCNC(=O)c1ccc2c(c1)NC(=O)c1ccccc1S2)C1CCCCC1. The lowest BCUT2D eigenvalue weighted by Gasteiger charge is -2.38. The summed E-state index contributed by atoms with van der Waals surface area (Å²) in [4.78, 5) is 29.9. The average Bonchev–Trinajstić information content (AvgIpc) is 2.97. The van der Waals surface area contributed by atoms with Crippen molar-refractivity contribution in [2.24, 2.45) is 0 Å². The molecule has 0 saturated heterocycles. The average molecular weight is 452 g/mol. The van der Waals surface area contributed by atoms with Crippen molar-refractivity contribution in [2.75, 3.05) is 18.4 Å². The molecule has 1 fully saturated rings. The van der Waals surface area contributed by atoms with E-state index in [9.17, 15) is 9.59 Å². The standard InChI is InChI=1S/C26H33N3O2S/c1-3-18(2)29(20-9-5-4-6-10-20)16-15-27-25(30)19-13-14-24-22(17-19)28-26(31)21-11-7-8-12-23(21)32-24/h7-8,11-14,17-18,20H,3-6,9-10,15-16H2,1-2H3,(H,27,30)(H,28,31)/t18-/m0/s1. The third-order valence-corrected chi connectivity index (χ3v) is 7.85. The Morgan fingerprint density at radius 1 is 1.16 bits per heavy atom. The van der Waals surface area contributed by atoms with Crippen molar-refractivity contribution in [1.82, 2.24) is 10.2 Å². The third-order valence-electron chi connectivity index (χ3n) is 6.70. The van der Waals surface area contributed by atoms with Crippen LogP contribution in [-0.2, 0) is 0 Å². The van der Waals surface area contributed by atoms with Crippen LogP contribution in [0, 0.1) is 0 Å². The van der Waals surface area contributed by atoms with Gasteiger partial charge in [0.05, 0.1) is 11.3 Å². The molecule has 4 rings (SSSR count). The molecule has 0 spiro atoms. The topological polar surface area (TPSA) is 61.4 Å². The van der Waals surface area contributed by atoms with Crippen molar-refractivity contribution in [3.05, 3.63) is 53.6 Å². The number of carbonyl (C=O) groups is 2. The smallest absolute Gasteiger partial charge is 0.256 e. The molecule has 2 aromatic rings. The number of carbonyl (C=O) groups excluding carboxylic acids is 2. The van der Waals surface area contributed by atoms with Crippen molar-refractivity contribution in [1.29, 1.82) is 0 Å². The molecule has 0 radical (unpaired) electrons.